The summed E-state index contributed by atoms with van der Waals surface area (Å²) < 4.78 is 1.81. The molecule has 78 valence electrons. The summed E-state index contributed by atoms with van der Waals surface area (Å²) >= 11 is 0. The Morgan fingerprint density at radius 3 is 2.93 bits per heavy atom. The number of anilines is 1. The van der Waals surface area contributed by atoms with Crippen LogP contribution in [0.4, 0.5) is 5.95 Å². The fourth-order valence-electron chi connectivity index (χ4n) is 1.40. The summed E-state index contributed by atoms with van der Waals surface area (Å²) in [5, 5.41) is 8.91. The number of rotatable bonds is 2. The molecule has 15 heavy (non-hydrogen) atoms. The van der Waals surface area contributed by atoms with Gasteiger partial charge in [-0.3, -0.25) is 0 Å². The van der Waals surface area contributed by atoms with E-state index < -0.39 is 5.97 Å². The van der Waals surface area contributed by atoms with Gasteiger partial charge in [0.2, 0.25) is 0 Å². The van der Waals surface area contributed by atoms with E-state index >= 15 is 0 Å². The molecule has 0 atom stereocenters. The third-order valence-electron chi connectivity index (χ3n) is 2.04. The van der Waals surface area contributed by atoms with Crippen molar-refractivity contribution in [1.82, 2.24) is 14.5 Å². The minimum Gasteiger partial charge on any atom is -0.477 e. The topological polar surface area (TPSA) is 96.9 Å². The molecule has 0 aliphatic carbocycles. The van der Waals surface area contributed by atoms with Gasteiger partial charge in [0, 0.05) is 25.0 Å². The quantitative estimate of drug-likeness (QED) is 0.673. The van der Waals surface area contributed by atoms with Crippen LogP contribution in [0.1, 0.15) is 10.5 Å². The largest absolute Gasteiger partial charge is 0.477 e. The predicted octanol–water partition coefficient (Wildman–Crippen LogP) is 0.696. The second kappa shape index (κ2) is 3.16. The first-order valence-electron chi connectivity index (χ1n) is 4.29. The maximum Gasteiger partial charge on any atom is 0.354 e. The molecular weight excluding hydrogens is 196 g/mol. The average Bonchev–Trinajstić information content (AvgIpc) is 2.71. The Hall–Kier alpha value is -2.24. The first-order chi connectivity index (χ1) is 7.08. The number of aromatic carboxylic acids is 1. The van der Waals surface area contributed by atoms with E-state index in [1.807, 2.05) is 17.8 Å². The molecule has 6 nitrogen and oxygen atoms in total. The number of nitrogens with two attached hydrogens (primary N) is 1. The van der Waals surface area contributed by atoms with Gasteiger partial charge in [0.05, 0.1) is 0 Å². The van der Waals surface area contributed by atoms with Crippen LogP contribution in [0.3, 0.4) is 0 Å². The minimum absolute atomic E-state index is 0.0127. The number of aromatic nitrogens is 3. The smallest absolute Gasteiger partial charge is 0.354 e. The third kappa shape index (κ3) is 1.56. The van der Waals surface area contributed by atoms with Crippen molar-refractivity contribution >= 4 is 11.9 Å². The summed E-state index contributed by atoms with van der Waals surface area (Å²) in [5.41, 5.74) is 6.52. The number of H-pyrrole nitrogens is 1. The molecule has 0 radical (unpaired) electrons. The molecule has 2 aromatic rings. The van der Waals surface area contributed by atoms with Crippen molar-refractivity contribution in [2.24, 2.45) is 7.05 Å². The van der Waals surface area contributed by atoms with Crippen LogP contribution in [0.15, 0.2) is 18.5 Å². The van der Waals surface area contributed by atoms with E-state index in [0.717, 1.165) is 5.56 Å². The standard InChI is InChI=1S/C9H10N4O2/c1-13-3-2-5(4-13)6-7(8(14)15)12-9(10)11-6/h2-4H,1H3,(H,14,15)(H3,10,11,12). The molecule has 2 rings (SSSR count). The van der Waals surface area contributed by atoms with Crippen molar-refractivity contribution in [3.63, 3.8) is 0 Å². The summed E-state index contributed by atoms with van der Waals surface area (Å²) in [6.45, 7) is 0. The Bertz CT molecular complexity index is 512. The Morgan fingerprint density at radius 2 is 2.40 bits per heavy atom. The maximum absolute atomic E-state index is 10.9. The molecule has 0 aliphatic heterocycles. The first kappa shape index (κ1) is 9.32. The molecule has 0 saturated heterocycles. The lowest BCUT2D eigenvalue weighted by Crippen LogP contribution is -1.99. The van der Waals surface area contributed by atoms with E-state index in [1.54, 1.807) is 12.3 Å². The number of nitrogens with zero attached hydrogens (tertiary/aromatic N) is 2. The number of nitrogens with one attached hydrogen (secondary N) is 1. The van der Waals surface area contributed by atoms with Crippen molar-refractivity contribution in [1.29, 1.82) is 0 Å². The van der Waals surface area contributed by atoms with Gasteiger partial charge in [0.15, 0.2) is 11.6 Å². The summed E-state index contributed by atoms with van der Waals surface area (Å²) in [4.78, 5) is 17.3. The van der Waals surface area contributed by atoms with Crippen molar-refractivity contribution in [2.75, 3.05) is 5.73 Å². The summed E-state index contributed by atoms with van der Waals surface area (Å²) in [5.74, 6) is -0.968. The SMILES string of the molecule is Cn1ccc(-c2nc(N)[nH]c2C(=O)O)c1. The molecule has 2 aromatic heterocycles. The highest BCUT2D eigenvalue weighted by molar-refractivity contribution is 5.93. The fraction of sp³-hybridized carbons (Fsp3) is 0.111. The number of carboxylic acids is 1. The van der Waals surface area contributed by atoms with Gasteiger partial charge < -0.3 is 20.4 Å². The maximum atomic E-state index is 10.9. The molecule has 0 unspecified atom stereocenters. The molecule has 0 saturated carbocycles. The molecule has 4 N–H and O–H groups in total. The van der Waals surface area contributed by atoms with Crippen LogP contribution >= 0.6 is 0 Å². The highest BCUT2D eigenvalue weighted by Gasteiger charge is 2.17. The molecule has 0 fully saturated rings. The predicted molar refractivity (Wildman–Crippen MR) is 54.4 cm³/mol. The zero-order valence-corrected chi connectivity index (χ0v) is 8.06. The number of aromatic amines is 1. The Labute approximate surface area is 85.4 Å². The van der Waals surface area contributed by atoms with Crippen LogP contribution in [-0.2, 0) is 7.05 Å². The van der Waals surface area contributed by atoms with Crippen molar-refractivity contribution in [3.05, 3.63) is 24.2 Å². The van der Waals surface area contributed by atoms with E-state index in [9.17, 15) is 4.79 Å². The lowest BCUT2D eigenvalue weighted by Gasteiger charge is -1.93. The Balaban J connectivity index is 2.56. The van der Waals surface area contributed by atoms with Gasteiger partial charge >= 0.3 is 5.97 Å². The van der Waals surface area contributed by atoms with Gasteiger partial charge in [-0.15, -0.1) is 0 Å². The van der Waals surface area contributed by atoms with Crippen molar-refractivity contribution in [2.45, 2.75) is 0 Å². The molecule has 0 amide bonds. The first-order valence-corrected chi connectivity index (χ1v) is 4.29. The molecular formula is C9H10N4O2. The van der Waals surface area contributed by atoms with Crippen LogP contribution in [0.5, 0.6) is 0 Å². The normalized spacial score (nSPS) is 10.5. The van der Waals surface area contributed by atoms with Crippen LogP contribution in [0.2, 0.25) is 0 Å². The minimum atomic E-state index is -1.07. The number of nitrogen functional groups attached to an aromatic ring is 1. The van der Waals surface area contributed by atoms with E-state index in [0.29, 0.717) is 5.69 Å². The van der Waals surface area contributed by atoms with E-state index in [4.69, 9.17) is 10.8 Å². The Kier molecular flexibility index (Phi) is 1.96. The van der Waals surface area contributed by atoms with Crippen LogP contribution in [0.25, 0.3) is 11.3 Å². The highest BCUT2D eigenvalue weighted by atomic mass is 16.4. The second-order valence-corrected chi connectivity index (χ2v) is 3.22. The zero-order chi connectivity index (χ0) is 11.0. The van der Waals surface area contributed by atoms with Gasteiger partial charge in [-0.25, -0.2) is 9.78 Å². The van der Waals surface area contributed by atoms with E-state index in [-0.39, 0.29) is 11.6 Å². The monoisotopic (exact) mass is 206 g/mol. The fourth-order valence-corrected chi connectivity index (χ4v) is 1.40. The molecule has 2 heterocycles. The number of aryl methyl sites for hydroxylation is 1. The number of imidazole rings is 1. The highest BCUT2D eigenvalue weighted by Crippen LogP contribution is 2.22. The van der Waals surface area contributed by atoms with Crippen molar-refractivity contribution < 1.29 is 9.90 Å². The van der Waals surface area contributed by atoms with Crippen LogP contribution in [0, 0.1) is 0 Å². The van der Waals surface area contributed by atoms with Crippen LogP contribution in [-0.4, -0.2) is 25.6 Å². The van der Waals surface area contributed by atoms with E-state index in [2.05, 4.69) is 9.97 Å². The van der Waals surface area contributed by atoms with E-state index in [1.165, 1.54) is 0 Å². The molecule has 0 aromatic carbocycles. The number of hydrogen-bond acceptors (Lipinski definition) is 3. The van der Waals surface area contributed by atoms with Gasteiger partial charge in [-0.05, 0) is 6.07 Å². The number of carboxylic acid groups (broad SMARTS) is 1. The zero-order valence-electron chi connectivity index (χ0n) is 8.06. The second-order valence-electron chi connectivity index (χ2n) is 3.22. The molecule has 0 spiro atoms. The lowest BCUT2D eigenvalue weighted by molar-refractivity contribution is 0.0692. The number of hydrogen-bond donors (Lipinski definition) is 3. The van der Waals surface area contributed by atoms with Crippen LogP contribution < -0.4 is 5.73 Å². The van der Waals surface area contributed by atoms with Gasteiger partial charge in [-0.1, -0.05) is 0 Å². The summed E-state index contributed by atoms with van der Waals surface area (Å²) in [7, 11) is 1.85. The Morgan fingerprint density at radius 1 is 1.67 bits per heavy atom. The molecule has 6 heteroatoms. The third-order valence-corrected chi connectivity index (χ3v) is 2.04. The average molecular weight is 206 g/mol. The molecule has 0 aliphatic rings. The number of carbonyl (C=O) groups is 1. The van der Waals surface area contributed by atoms with Gasteiger partial charge in [0.25, 0.3) is 0 Å². The lowest BCUT2D eigenvalue weighted by atomic mass is 10.2. The summed E-state index contributed by atoms with van der Waals surface area (Å²) in [6, 6.07) is 1.78. The van der Waals surface area contributed by atoms with Gasteiger partial charge in [0.1, 0.15) is 5.69 Å². The molecule has 0 bridgehead atoms. The van der Waals surface area contributed by atoms with Gasteiger partial charge in [-0.2, -0.15) is 0 Å². The summed E-state index contributed by atoms with van der Waals surface area (Å²) in [6.07, 6.45) is 3.59. The van der Waals surface area contributed by atoms with Crippen molar-refractivity contribution in [3.8, 4) is 11.3 Å².